The van der Waals surface area contributed by atoms with Crippen LogP contribution in [0.3, 0.4) is 0 Å². The van der Waals surface area contributed by atoms with Gasteiger partial charge in [-0.1, -0.05) is 46.1 Å². The Morgan fingerprint density at radius 2 is 1.32 bits per heavy atom. The van der Waals surface area contributed by atoms with Crippen molar-refractivity contribution in [1.82, 2.24) is 0 Å². The fraction of sp³-hybridized carbons (Fsp3) is 0.733. The summed E-state index contributed by atoms with van der Waals surface area (Å²) < 4.78 is 10.7. The maximum Gasteiger partial charge on any atom is 0.348 e. The van der Waals surface area contributed by atoms with E-state index < -0.39 is 17.7 Å². The summed E-state index contributed by atoms with van der Waals surface area (Å²) in [6.45, 7) is 7.59. The number of carbonyl (C=O) groups excluding carboxylic acids is 2. The molecule has 0 unspecified atom stereocenters. The SMILES string of the molecule is C=C1C(=O)OC(CCCCC)(CCCCC)OC1=O. The zero-order valence-corrected chi connectivity index (χ0v) is 12.0. The molecule has 1 saturated heterocycles. The standard InChI is InChI=1S/C15H24O4/c1-4-6-8-10-15(11-9-7-5-2)18-13(16)12(3)14(17)19-15/h3-11H2,1-2H3. The smallest absolute Gasteiger partial charge is 0.348 e. The fourth-order valence-electron chi connectivity index (χ4n) is 2.18. The molecule has 1 heterocycles. The summed E-state index contributed by atoms with van der Waals surface area (Å²) in [7, 11) is 0. The van der Waals surface area contributed by atoms with Crippen molar-refractivity contribution in [3.8, 4) is 0 Å². The molecule has 0 saturated carbocycles. The molecule has 0 aliphatic carbocycles. The summed E-state index contributed by atoms with van der Waals surface area (Å²) in [4.78, 5) is 23.3. The van der Waals surface area contributed by atoms with E-state index in [0.717, 1.165) is 38.5 Å². The van der Waals surface area contributed by atoms with Gasteiger partial charge < -0.3 is 9.47 Å². The van der Waals surface area contributed by atoms with Crippen LogP contribution in [0.25, 0.3) is 0 Å². The number of hydrogen-bond donors (Lipinski definition) is 0. The summed E-state index contributed by atoms with van der Waals surface area (Å²) in [5.74, 6) is -2.33. The number of hydrogen-bond acceptors (Lipinski definition) is 4. The van der Waals surface area contributed by atoms with E-state index in [-0.39, 0.29) is 5.57 Å². The highest BCUT2D eigenvalue weighted by Gasteiger charge is 2.44. The van der Waals surface area contributed by atoms with E-state index in [2.05, 4.69) is 20.4 Å². The highest BCUT2D eigenvalue weighted by atomic mass is 16.7. The Morgan fingerprint density at radius 1 is 0.895 bits per heavy atom. The molecule has 1 rings (SSSR count). The fourth-order valence-corrected chi connectivity index (χ4v) is 2.18. The van der Waals surface area contributed by atoms with Crippen molar-refractivity contribution < 1.29 is 19.1 Å². The maximum atomic E-state index is 11.7. The van der Waals surface area contributed by atoms with Crippen LogP contribution >= 0.6 is 0 Å². The third-order valence-electron chi connectivity index (χ3n) is 3.37. The number of carbonyl (C=O) groups is 2. The van der Waals surface area contributed by atoms with Gasteiger partial charge in [0.05, 0.1) is 0 Å². The molecule has 0 amide bonds. The highest BCUT2D eigenvalue weighted by molar-refractivity contribution is 6.14. The number of esters is 2. The molecule has 4 nitrogen and oxygen atoms in total. The lowest BCUT2D eigenvalue weighted by molar-refractivity contribution is -0.240. The van der Waals surface area contributed by atoms with Gasteiger partial charge in [-0.05, 0) is 12.8 Å². The minimum atomic E-state index is -1.06. The number of ether oxygens (including phenoxy) is 2. The Bertz CT molecular complexity index is 314. The third-order valence-corrected chi connectivity index (χ3v) is 3.37. The van der Waals surface area contributed by atoms with E-state index in [4.69, 9.17) is 9.47 Å². The Labute approximate surface area is 115 Å². The van der Waals surface area contributed by atoms with E-state index >= 15 is 0 Å². The van der Waals surface area contributed by atoms with Crippen molar-refractivity contribution in [2.75, 3.05) is 0 Å². The van der Waals surface area contributed by atoms with Gasteiger partial charge in [-0.3, -0.25) is 0 Å². The first-order chi connectivity index (χ1) is 9.04. The quantitative estimate of drug-likeness (QED) is 0.292. The van der Waals surface area contributed by atoms with Crippen LogP contribution in [-0.4, -0.2) is 17.7 Å². The molecule has 0 bridgehead atoms. The van der Waals surface area contributed by atoms with E-state index in [1.165, 1.54) is 0 Å². The van der Waals surface area contributed by atoms with Crippen molar-refractivity contribution >= 4 is 11.9 Å². The van der Waals surface area contributed by atoms with Crippen LogP contribution in [-0.2, 0) is 19.1 Å². The van der Waals surface area contributed by atoms with Crippen LogP contribution < -0.4 is 0 Å². The van der Waals surface area contributed by atoms with Crippen LogP contribution in [0, 0.1) is 0 Å². The number of rotatable bonds is 8. The first-order valence-corrected chi connectivity index (χ1v) is 7.20. The minimum Gasteiger partial charge on any atom is -0.419 e. The lowest BCUT2D eigenvalue weighted by Gasteiger charge is -2.36. The second kappa shape index (κ2) is 7.31. The monoisotopic (exact) mass is 268 g/mol. The average Bonchev–Trinajstić information content (AvgIpc) is 2.37. The van der Waals surface area contributed by atoms with Crippen molar-refractivity contribution in [2.45, 2.75) is 71.0 Å². The van der Waals surface area contributed by atoms with E-state index in [1.54, 1.807) is 0 Å². The predicted octanol–water partition coefficient (Wildman–Crippen LogP) is 3.50. The van der Waals surface area contributed by atoms with E-state index in [1.807, 2.05) is 0 Å². The van der Waals surface area contributed by atoms with Gasteiger partial charge in [0.25, 0.3) is 5.79 Å². The molecule has 108 valence electrons. The zero-order valence-electron chi connectivity index (χ0n) is 12.0. The van der Waals surface area contributed by atoms with Crippen LogP contribution in [0.4, 0.5) is 0 Å². The molecule has 0 spiro atoms. The summed E-state index contributed by atoms with van der Waals surface area (Å²) in [6.07, 6.45) is 7.13. The van der Waals surface area contributed by atoms with Gasteiger partial charge in [0.1, 0.15) is 5.57 Å². The van der Waals surface area contributed by atoms with Gasteiger partial charge >= 0.3 is 11.9 Å². The van der Waals surface area contributed by atoms with Crippen LogP contribution in [0.15, 0.2) is 12.2 Å². The molecule has 1 aliphatic heterocycles. The first kappa shape index (κ1) is 15.7. The maximum absolute atomic E-state index is 11.7. The van der Waals surface area contributed by atoms with Crippen LogP contribution in [0.2, 0.25) is 0 Å². The van der Waals surface area contributed by atoms with Gasteiger partial charge in [-0.15, -0.1) is 0 Å². The van der Waals surface area contributed by atoms with Gasteiger partial charge in [0.15, 0.2) is 0 Å². The van der Waals surface area contributed by atoms with E-state index in [0.29, 0.717) is 12.8 Å². The molecular weight excluding hydrogens is 244 g/mol. The van der Waals surface area contributed by atoms with Crippen LogP contribution in [0.5, 0.6) is 0 Å². The predicted molar refractivity (Wildman–Crippen MR) is 72.3 cm³/mol. The summed E-state index contributed by atoms with van der Waals surface area (Å²) in [5.41, 5.74) is -0.207. The molecule has 0 aromatic carbocycles. The van der Waals surface area contributed by atoms with Crippen molar-refractivity contribution in [3.63, 3.8) is 0 Å². The lowest BCUT2D eigenvalue weighted by atomic mass is 9.99. The largest absolute Gasteiger partial charge is 0.419 e. The molecule has 0 radical (unpaired) electrons. The Morgan fingerprint density at radius 3 is 1.68 bits per heavy atom. The molecule has 19 heavy (non-hydrogen) atoms. The first-order valence-electron chi connectivity index (χ1n) is 7.20. The molecule has 0 aromatic rings. The molecule has 0 N–H and O–H groups in total. The second-order valence-electron chi connectivity index (χ2n) is 5.08. The molecule has 1 fully saturated rings. The Hall–Kier alpha value is -1.32. The number of cyclic esters (lactones) is 2. The molecule has 4 heteroatoms. The molecular formula is C15H24O4. The van der Waals surface area contributed by atoms with Gasteiger partial charge in [-0.2, -0.15) is 0 Å². The van der Waals surface area contributed by atoms with Crippen LogP contribution in [0.1, 0.15) is 65.2 Å². The zero-order chi connectivity index (χ0) is 14.3. The number of unbranched alkanes of at least 4 members (excludes halogenated alkanes) is 4. The third kappa shape index (κ3) is 4.37. The Balaban J connectivity index is 2.70. The average molecular weight is 268 g/mol. The normalized spacial score (nSPS) is 18.1. The second-order valence-corrected chi connectivity index (χ2v) is 5.08. The van der Waals surface area contributed by atoms with Gasteiger partial charge in [0.2, 0.25) is 0 Å². The molecule has 1 aliphatic rings. The minimum absolute atomic E-state index is 0.207. The van der Waals surface area contributed by atoms with E-state index in [9.17, 15) is 9.59 Å². The Kier molecular flexibility index (Phi) is 6.06. The van der Waals surface area contributed by atoms with Crippen molar-refractivity contribution in [3.05, 3.63) is 12.2 Å². The summed E-state index contributed by atoms with van der Waals surface area (Å²) >= 11 is 0. The van der Waals surface area contributed by atoms with Crippen molar-refractivity contribution in [2.24, 2.45) is 0 Å². The highest BCUT2D eigenvalue weighted by Crippen LogP contribution is 2.33. The molecule has 0 aromatic heterocycles. The van der Waals surface area contributed by atoms with Gasteiger partial charge in [-0.25, -0.2) is 9.59 Å². The van der Waals surface area contributed by atoms with Gasteiger partial charge in [0, 0.05) is 12.8 Å². The summed E-state index contributed by atoms with van der Waals surface area (Å²) in [6, 6.07) is 0. The summed E-state index contributed by atoms with van der Waals surface area (Å²) in [5, 5.41) is 0. The topological polar surface area (TPSA) is 52.6 Å². The van der Waals surface area contributed by atoms with Crippen molar-refractivity contribution in [1.29, 1.82) is 0 Å². The molecule has 0 atom stereocenters. The lowest BCUT2D eigenvalue weighted by Crippen LogP contribution is -2.46.